The predicted molar refractivity (Wildman–Crippen MR) is 82.9 cm³/mol. The molecule has 0 bridgehead atoms. The van der Waals surface area contributed by atoms with E-state index in [1.165, 1.54) is 23.9 Å². The number of anilines is 1. The van der Waals surface area contributed by atoms with Gasteiger partial charge in [0.25, 0.3) is 0 Å². The average Bonchev–Trinajstić information content (AvgIpc) is 3.27. The second-order valence-corrected chi connectivity index (χ2v) is 6.00. The first kappa shape index (κ1) is 13.4. The fraction of sp³-hybridized carbons (Fsp3) is 0.471. The molecule has 1 heterocycles. The van der Waals surface area contributed by atoms with Gasteiger partial charge in [-0.3, -0.25) is 4.98 Å². The molecule has 1 aromatic heterocycles. The minimum absolute atomic E-state index is 0.00675. The highest BCUT2D eigenvalue weighted by molar-refractivity contribution is 5.92. The Labute approximate surface area is 120 Å². The topological polar surface area (TPSA) is 36.4 Å². The van der Waals surface area contributed by atoms with E-state index in [0.717, 1.165) is 23.7 Å². The highest BCUT2D eigenvalue weighted by Crippen LogP contribution is 2.35. The smallest absolute Gasteiger partial charge is 0.0854 e. The monoisotopic (exact) mass is 270 g/mol. The molecule has 3 rings (SSSR count). The maximum absolute atomic E-state index is 9.46. The van der Waals surface area contributed by atoms with E-state index >= 15 is 0 Å². The third kappa shape index (κ3) is 2.63. The number of aromatic nitrogens is 1. The molecule has 1 aliphatic rings. The molecule has 0 saturated heterocycles. The molecule has 1 N–H and O–H groups in total. The van der Waals surface area contributed by atoms with Crippen molar-refractivity contribution in [3.8, 4) is 0 Å². The van der Waals surface area contributed by atoms with Crippen LogP contribution >= 0.6 is 0 Å². The molecule has 1 saturated carbocycles. The van der Waals surface area contributed by atoms with Gasteiger partial charge < -0.3 is 10.0 Å². The van der Waals surface area contributed by atoms with Crippen LogP contribution in [0.1, 0.15) is 32.4 Å². The van der Waals surface area contributed by atoms with Crippen molar-refractivity contribution in [3.63, 3.8) is 0 Å². The fourth-order valence-corrected chi connectivity index (χ4v) is 2.69. The number of hydrogen-bond acceptors (Lipinski definition) is 3. The first-order valence-corrected chi connectivity index (χ1v) is 7.45. The van der Waals surface area contributed by atoms with Gasteiger partial charge in [-0.25, -0.2) is 0 Å². The fourth-order valence-electron chi connectivity index (χ4n) is 2.69. The van der Waals surface area contributed by atoms with Crippen molar-refractivity contribution in [2.24, 2.45) is 5.92 Å². The number of nitrogens with zero attached hydrogens (tertiary/aromatic N) is 2. The average molecular weight is 270 g/mol. The second-order valence-electron chi connectivity index (χ2n) is 6.00. The Morgan fingerprint density at radius 1 is 1.30 bits per heavy atom. The van der Waals surface area contributed by atoms with Crippen LogP contribution in [0.5, 0.6) is 0 Å². The zero-order valence-corrected chi connectivity index (χ0v) is 12.2. The molecule has 3 nitrogen and oxygen atoms in total. The zero-order valence-electron chi connectivity index (χ0n) is 12.2. The van der Waals surface area contributed by atoms with Gasteiger partial charge in [-0.2, -0.15) is 0 Å². The molecule has 0 spiro atoms. The van der Waals surface area contributed by atoms with E-state index in [-0.39, 0.29) is 6.61 Å². The minimum atomic E-state index is -0.00675. The molecule has 0 amide bonds. The van der Waals surface area contributed by atoms with E-state index in [1.54, 1.807) is 0 Å². The van der Waals surface area contributed by atoms with Gasteiger partial charge >= 0.3 is 0 Å². The molecule has 1 aliphatic carbocycles. The Morgan fingerprint density at radius 3 is 2.70 bits per heavy atom. The molecule has 3 heteroatoms. The summed E-state index contributed by atoms with van der Waals surface area (Å²) in [4.78, 5) is 6.97. The van der Waals surface area contributed by atoms with Gasteiger partial charge in [0.1, 0.15) is 0 Å². The third-order valence-corrected chi connectivity index (χ3v) is 3.99. The van der Waals surface area contributed by atoms with Crippen LogP contribution in [-0.4, -0.2) is 22.7 Å². The number of aliphatic hydroxyl groups is 1. The summed E-state index contributed by atoms with van der Waals surface area (Å²) in [6, 6.07) is 10.7. The largest absolute Gasteiger partial charge is 0.390 e. The van der Waals surface area contributed by atoms with E-state index in [2.05, 4.69) is 35.9 Å². The van der Waals surface area contributed by atoms with Crippen LogP contribution in [0, 0.1) is 5.92 Å². The molecular formula is C17H22N2O. The second kappa shape index (κ2) is 5.41. The summed E-state index contributed by atoms with van der Waals surface area (Å²) >= 11 is 0. The predicted octanol–water partition coefficient (Wildman–Crippen LogP) is 3.35. The Bertz CT molecular complexity index is 605. The van der Waals surface area contributed by atoms with Crippen LogP contribution < -0.4 is 4.90 Å². The summed E-state index contributed by atoms with van der Waals surface area (Å²) in [5, 5.41) is 10.6. The molecular weight excluding hydrogens is 248 g/mol. The number of aliphatic hydroxyl groups excluding tert-OH is 1. The van der Waals surface area contributed by atoms with Gasteiger partial charge in [-0.15, -0.1) is 0 Å². The molecule has 0 aliphatic heterocycles. The summed E-state index contributed by atoms with van der Waals surface area (Å²) in [6.07, 6.45) is 2.69. The Balaban J connectivity index is 2.10. The molecule has 20 heavy (non-hydrogen) atoms. The molecule has 0 unspecified atom stereocenters. The van der Waals surface area contributed by atoms with Gasteiger partial charge in [0.05, 0.1) is 17.8 Å². The van der Waals surface area contributed by atoms with Gasteiger partial charge in [0, 0.05) is 23.7 Å². The summed E-state index contributed by atoms with van der Waals surface area (Å²) in [5.74, 6) is 0.835. The molecule has 106 valence electrons. The van der Waals surface area contributed by atoms with E-state index < -0.39 is 0 Å². The first-order valence-electron chi connectivity index (χ1n) is 7.45. The van der Waals surface area contributed by atoms with Crippen LogP contribution in [0.25, 0.3) is 10.9 Å². The highest BCUT2D eigenvalue weighted by atomic mass is 16.3. The van der Waals surface area contributed by atoms with Crippen molar-refractivity contribution < 1.29 is 5.11 Å². The maximum Gasteiger partial charge on any atom is 0.0854 e. The zero-order chi connectivity index (χ0) is 14.1. The molecule has 0 atom stereocenters. The normalized spacial score (nSPS) is 15.0. The van der Waals surface area contributed by atoms with Crippen molar-refractivity contribution in [2.45, 2.75) is 39.3 Å². The number of hydrogen-bond donors (Lipinski definition) is 1. The van der Waals surface area contributed by atoms with Crippen molar-refractivity contribution in [1.29, 1.82) is 0 Å². The van der Waals surface area contributed by atoms with Crippen molar-refractivity contribution in [3.05, 3.63) is 36.0 Å². The van der Waals surface area contributed by atoms with Crippen molar-refractivity contribution >= 4 is 16.6 Å². The molecule has 2 aromatic rings. The minimum Gasteiger partial charge on any atom is -0.390 e. The number of fused-ring (bicyclic) bond motifs is 1. The number of pyridine rings is 1. The lowest BCUT2D eigenvalue weighted by molar-refractivity contribution is 0.277. The van der Waals surface area contributed by atoms with Crippen LogP contribution in [0.2, 0.25) is 0 Å². The first-order chi connectivity index (χ1) is 9.69. The SMILES string of the molecule is CC(C)N(CC1CC1)c1cc(CO)nc2ccccc12. The number of rotatable bonds is 5. The third-order valence-electron chi connectivity index (χ3n) is 3.99. The van der Waals surface area contributed by atoms with E-state index in [4.69, 9.17) is 0 Å². The van der Waals surface area contributed by atoms with E-state index in [1.807, 2.05) is 18.2 Å². The summed E-state index contributed by atoms with van der Waals surface area (Å²) in [5.41, 5.74) is 2.93. The van der Waals surface area contributed by atoms with Crippen LogP contribution in [0.3, 0.4) is 0 Å². The van der Waals surface area contributed by atoms with Gasteiger partial charge in [-0.05, 0) is 44.7 Å². The molecule has 1 aromatic carbocycles. The molecule has 0 radical (unpaired) electrons. The van der Waals surface area contributed by atoms with Crippen LogP contribution in [-0.2, 0) is 6.61 Å². The van der Waals surface area contributed by atoms with Crippen LogP contribution in [0.4, 0.5) is 5.69 Å². The van der Waals surface area contributed by atoms with Gasteiger partial charge in [-0.1, -0.05) is 18.2 Å². The van der Waals surface area contributed by atoms with Crippen molar-refractivity contribution in [1.82, 2.24) is 4.98 Å². The quantitative estimate of drug-likeness (QED) is 0.905. The Hall–Kier alpha value is -1.61. The van der Waals surface area contributed by atoms with E-state index in [0.29, 0.717) is 6.04 Å². The summed E-state index contributed by atoms with van der Waals surface area (Å²) < 4.78 is 0. The lowest BCUT2D eigenvalue weighted by Gasteiger charge is -2.30. The summed E-state index contributed by atoms with van der Waals surface area (Å²) in [7, 11) is 0. The lowest BCUT2D eigenvalue weighted by atomic mass is 10.1. The highest BCUT2D eigenvalue weighted by Gasteiger charge is 2.26. The van der Waals surface area contributed by atoms with E-state index in [9.17, 15) is 5.11 Å². The van der Waals surface area contributed by atoms with Crippen LogP contribution in [0.15, 0.2) is 30.3 Å². The standard InChI is InChI=1S/C17H22N2O/c1-12(2)19(10-13-7-8-13)17-9-14(11-20)18-16-6-4-3-5-15(16)17/h3-6,9,12-13,20H,7-8,10-11H2,1-2H3. The number of para-hydroxylation sites is 1. The van der Waals surface area contributed by atoms with Gasteiger partial charge in [0.15, 0.2) is 0 Å². The van der Waals surface area contributed by atoms with Crippen molar-refractivity contribution in [2.75, 3.05) is 11.4 Å². The maximum atomic E-state index is 9.46. The molecule has 1 fully saturated rings. The number of benzene rings is 1. The lowest BCUT2D eigenvalue weighted by Crippen LogP contribution is -2.33. The Morgan fingerprint density at radius 2 is 2.05 bits per heavy atom. The van der Waals surface area contributed by atoms with Gasteiger partial charge in [0.2, 0.25) is 0 Å². The summed E-state index contributed by atoms with van der Waals surface area (Å²) in [6.45, 7) is 5.57. The Kier molecular flexibility index (Phi) is 3.62.